The molecule has 2 amide bonds. The van der Waals surface area contributed by atoms with Crippen LogP contribution in [0, 0.1) is 36.9 Å². The van der Waals surface area contributed by atoms with Crippen molar-refractivity contribution < 1.29 is 57.7 Å². The number of aromatic nitrogens is 16. The number of nitrogens with one attached hydrogen (secondary N) is 2. The first-order chi connectivity index (χ1) is 60.4. The number of nitrogens with two attached hydrogens (primary N) is 4. The Morgan fingerprint density at radius 2 is 0.690 bits per heavy atom. The van der Waals surface area contributed by atoms with Gasteiger partial charge in [0.2, 0.25) is 27.2 Å². The summed E-state index contributed by atoms with van der Waals surface area (Å²) < 4.78 is 56.7. The lowest BCUT2D eigenvalue weighted by atomic mass is 9.93. The van der Waals surface area contributed by atoms with Gasteiger partial charge in [-0.1, -0.05) is 88.6 Å². The highest BCUT2D eigenvalue weighted by Crippen LogP contribution is 2.47. The average molecular weight is 2250 g/mol. The van der Waals surface area contributed by atoms with Gasteiger partial charge in [-0.3, -0.25) is 9.59 Å². The SMILES string of the molecule is CC(C)(C)CNCCn1c(Sc2cc3c(cc2[124I])OCO3)nc2c(N)ncnc21.CC(C)(C)CNCCn1c(Sc2cc3c(cc2[131I])OCO3)nc2c(N)ncnc21.C[C@H](O)C(=O)N1CCC(CCn2c(Sc3cc4c(cc3[124I])OCO4)nc3c(N)ncnc32)CC1.C[C@H](O)C(=O)N1CCC(CCn2c(Sc3cc4c(cc3[131I])OCO4)nc3c(N)ncnc32)CC1. The van der Waals surface area contributed by atoms with Crippen molar-refractivity contribution in [2.75, 3.05) is 102 Å². The molecule has 0 bridgehead atoms. The molecule has 36 nitrogen and oxygen atoms in total. The van der Waals surface area contributed by atoms with Crippen molar-refractivity contribution in [1.29, 1.82) is 0 Å². The maximum Gasteiger partial charge on any atom is 0.251 e. The quantitative estimate of drug-likeness (QED) is 0.0206. The van der Waals surface area contributed by atoms with E-state index in [9.17, 15) is 19.8 Å². The van der Waals surface area contributed by atoms with Gasteiger partial charge in [-0.05, 0) is 214 Å². The molecule has 0 aliphatic carbocycles. The monoisotopic (exact) mass is 2250 g/mol. The molecule has 6 aliphatic heterocycles. The number of likely N-dealkylation sites (tertiary alicyclic amines) is 2. The highest BCUT2D eigenvalue weighted by Gasteiger charge is 2.32. The minimum absolute atomic E-state index is 0.191. The van der Waals surface area contributed by atoms with Crippen molar-refractivity contribution in [2.45, 2.75) is 173 Å². The van der Waals surface area contributed by atoms with Gasteiger partial charge in [0.05, 0.1) is 0 Å². The second-order valence-electron chi connectivity index (χ2n) is 32.8. The van der Waals surface area contributed by atoms with Gasteiger partial charge >= 0.3 is 0 Å². The van der Waals surface area contributed by atoms with E-state index in [2.05, 4.69) is 201 Å². The van der Waals surface area contributed by atoms with Crippen molar-refractivity contribution in [3.8, 4) is 46.0 Å². The standard InChI is InChI=1S/2C22H25IN6O4S.2C19H23IN6O2S/c2*1-12(30)21(31)28-5-2-13(3-6-28)4-7-29-20-18(19(24)25-10-26-20)27-22(29)34-17-9-16-15(8-14(17)23)32-11-33-16;2*1-19(2,3)8-22-4-5-26-17-15(16(21)23-9-24-17)25-18(26)29-14-7-13-12(6-11(14)20)27-10-28-13/h2*8-10,12-13,30H,2-7,11H2,1H3,(H2,24,25,26);2*6-7,9,22H,4-5,8,10H2,1-3H3,(H2,21,23,24)/t2*12-;;/m00../s1/i23+4;23-3;20+4;20-3. The summed E-state index contributed by atoms with van der Waals surface area (Å²) >= 11 is 15.4. The lowest BCUT2D eigenvalue weighted by Gasteiger charge is -2.32. The van der Waals surface area contributed by atoms with E-state index in [1.807, 2.05) is 48.5 Å². The number of anilines is 4. The summed E-state index contributed by atoms with van der Waals surface area (Å²) in [5.41, 5.74) is 30.1. The number of halogens is 4. The Balaban J connectivity index is 0.000000130. The molecule has 2 fully saturated rings. The number of fused-ring (bicyclic) bond motifs is 8. The van der Waals surface area contributed by atoms with Gasteiger partial charge in [0.25, 0.3) is 11.8 Å². The molecule has 8 aromatic heterocycles. The van der Waals surface area contributed by atoms with E-state index in [0.29, 0.717) is 94.6 Å². The fraction of sp³-hybridized carbons (Fsp3) is 0.439. The van der Waals surface area contributed by atoms with Crippen LogP contribution in [0.15, 0.2) is 114 Å². The van der Waals surface area contributed by atoms with Gasteiger partial charge in [0.15, 0.2) is 135 Å². The van der Waals surface area contributed by atoms with E-state index in [0.717, 1.165) is 203 Å². The van der Waals surface area contributed by atoms with Gasteiger partial charge in [0, 0.05) is 112 Å². The number of benzene rings is 4. The van der Waals surface area contributed by atoms with Crippen LogP contribution in [0.25, 0.3) is 44.7 Å². The van der Waals surface area contributed by atoms with Crippen LogP contribution in [-0.4, -0.2) is 202 Å². The van der Waals surface area contributed by atoms with Crippen molar-refractivity contribution in [1.82, 2.24) is 98.5 Å². The van der Waals surface area contributed by atoms with Crippen LogP contribution >= 0.6 is 137 Å². The van der Waals surface area contributed by atoms with Gasteiger partial charge in [-0.25, -0.2) is 59.8 Å². The third-order valence-electron chi connectivity index (χ3n) is 21.0. The Bertz CT molecular complexity index is 5620. The summed E-state index contributed by atoms with van der Waals surface area (Å²) in [7, 11) is 0. The van der Waals surface area contributed by atoms with Gasteiger partial charge < -0.3 is 110 Å². The summed E-state index contributed by atoms with van der Waals surface area (Å²) in [6.45, 7) is 26.3. The number of carbonyl (C=O) groups is 2. The fourth-order valence-corrected chi connectivity index (χ4v) is 21.3. The molecule has 12 aromatic rings. The van der Waals surface area contributed by atoms with E-state index in [1.54, 1.807) is 56.8 Å². The zero-order valence-electron chi connectivity index (χ0n) is 70.3. The van der Waals surface area contributed by atoms with E-state index in [4.69, 9.17) is 80.8 Å². The number of nitrogen functional groups attached to an aromatic ring is 4. The minimum atomic E-state index is -0.947. The number of rotatable bonds is 24. The molecule has 126 heavy (non-hydrogen) atoms. The van der Waals surface area contributed by atoms with Gasteiger partial charge in [-0.15, -0.1) is 0 Å². The summed E-state index contributed by atoms with van der Waals surface area (Å²) in [6, 6.07) is 15.8. The Morgan fingerprint density at radius 3 is 0.976 bits per heavy atom. The van der Waals surface area contributed by atoms with E-state index < -0.39 is 12.2 Å². The van der Waals surface area contributed by atoms with Gasteiger partial charge in [-0.2, -0.15) is 0 Å². The molecule has 12 N–H and O–H groups in total. The van der Waals surface area contributed by atoms with Crippen molar-refractivity contribution in [3.63, 3.8) is 0 Å². The number of nitrogens with zero attached hydrogens (tertiary/aromatic N) is 18. The molecule has 4 aromatic carbocycles. The fourth-order valence-electron chi connectivity index (χ4n) is 14.5. The zero-order valence-corrected chi connectivity index (χ0v) is 82.2. The van der Waals surface area contributed by atoms with Crippen LogP contribution in [0.2, 0.25) is 0 Å². The number of hydrogen-bond acceptors (Lipinski definition) is 34. The molecule has 668 valence electrons. The lowest BCUT2D eigenvalue weighted by molar-refractivity contribution is -0.141. The van der Waals surface area contributed by atoms with Crippen LogP contribution in [-0.2, 0) is 35.8 Å². The van der Waals surface area contributed by atoms with E-state index in [1.165, 1.54) is 39.2 Å². The summed E-state index contributed by atoms with van der Waals surface area (Å²) in [5.74, 6) is 8.04. The maximum atomic E-state index is 12.1. The van der Waals surface area contributed by atoms with Gasteiger partial charge in [0.1, 0.15) is 37.5 Å². The first kappa shape index (κ1) is 92.5. The highest BCUT2D eigenvalue weighted by atomic mass is 131. The summed E-state index contributed by atoms with van der Waals surface area (Å²) in [4.78, 5) is 85.0. The molecule has 0 spiro atoms. The number of carbonyl (C=O) groups excluding carboxylic acids is 2. The predicted octanol–water partition coefficient (Wildman–Crippen LogP) is 12.9. The number of ether oxygens (including phenoxy) is 8. The van der Waals surface area contributed by atoms with Crippen LogP contribution in [0.3, 0.4) is 0 Å². The van der Waals surface area contributed by atoms with Crippen LogP contribution in [0.5, 0.6) is 46.0 Å². The molecular formula is C82H96I4N24O12S4. The highest BCUT2D eigenvalue weighted by molar-refractivity contribution is 14.1. The second kappa shape index (κ2) is 40.8. The lowest BCUT2D eigenvalue weighted by Crippen LogP contribution is -2.43. The van der Waals surface area contributed by atoms with Crippen molar-refractivity contribution in [3.05, 3.63) is 88.1 Å². The molecule has 0 saturated carbocycles. The number of amides is 2. The molecule has 0 radical (unpaired) electrons. The number of aliphatic hydroxyl groups is 2. The smallest absolute Gasteiger partial charge is 0.251 e. The molecular weight excluding hydrogens is 2150 g/mol. The number of aryl methyl sites for hydroxylation is 2. The Hall–Kier alpha value is -8.22. The van der Waals surface area contributed by atoms with Crippen LogP contribution < -0.4 is 71.5 Å². The topological polar surface area (TPSA) is 457 Å². The number of piperidine rings is 2. The number of aliphatic hydroxyl groups excluding tert-OH is 2. The minimum Gasteiger partial charge on any atom is -0.454 e. The summed E-state index contributed by atoms with van der Waals surface area (Å²) in [5, 5.41) is 29.4. The largest absolute Gasteiger partial charge is 0.454 e. The number of hydrogen-bond donors (Lipinski definition) is 8. The maximum absolute atomic E-state index is 12.1. The zero-order chi connectivity index (χ0) is 88.8. The third-order valence-corrected chi connectivity index (χ3v) is 30.3. The Labute approximate surface area is 797 Å². The first-order valence-corrected chi connectivity index (χ1v) is 48.3. The van der Waals surface area contributed by atoms with Crippen molar-refractivity contribution in [2.24, 2.45) is 22.7 Å². The molecule has 2 atom stereocenters. The normalized spacial score (nSPS) is 15.3. The molecule has 44 heteroatoms. The first-order valence-electron chi connectivity index (χ1n) is 40.7. The molecule has 18 rings (SSSR count). The number of imidazole rings is 4. The molecule has 14 heterocycles. The second-order valence-corrected chi connectivity index (χ2v) is 41.5. The average Bonchev–Trinajstić information content (AvgIpc) is 1.64. The molecule has 2 saturated heterocycles. The summed E-state index contributed by atoms with van der Waals surface area (Å²) in [6.07, 6.45) is 9.49. The Kier molecular flexibility index (Phi) is 30.0. The van der Waals surface area contributed by atoms with Crippen LogP contribution in [0.1, 0.15) is 93.9 Å². The van der Waals surface area contributed by atoms with Crippen LogP contribution in [0.4, 0.5) is 23.3 Å². The molecule has 0 unspecified atom stereocenters. The van der Waals surface area contributed by atoms with E-state index >= 15 is 0 Å². The Morgan fingerprint density at radius 1 is 0.429 bits per heavy atom. The van der Waals surface area contributed by atoms with Crippen molar-refractivity contribution >= 4 is 217 Å². The predicted molar refractivity (Wildman–Crippen MR) is 512 cm³/mol. The third kappa shape index (κ3) is 22.3. The van der Waals surface area contributed by atoms with E-state index in [-0.39, 0.29) is 49.8 Å². The molecule has 6 aliphatic rings.